The van der Waals surface area contributed by atoms with Crippen LogP contribution in [0.25, 0.3) is 0 Å². The van der Waals surface area contributed by atoms with Crippen molar-refractivity contribution in [3.8, 4) is 0 Å². The Labute approximate surface area is 76.2 Å². The van der Waals surface area contributed by atoms with Crippen LogP contribution >= 0.6 is 0 Å². The Hall–Kier alpha value is -0.300. The second-order valence-electron chi connectivity index (χ2n) is 4.17. The summed E-state index contributed by atoms with van der Waals surface area (Å²) in [5.41, 5.74) is 0. The van der Waals surface area contributed by atoms with Gasteiger partial charge in [-0.15, -0.1) is 0 Å². The second kappa shape index (κ2) is 5.36. The Morgan fingerprint density at radius 3 is 2.67 bits per heavy atom. The first-order chi connectivity index (χ1) is 5.79. The van der Waals surface area contributed by atoms with Gasteiger partial charge in [-0.05, 0) is 31.2 Å². The van der Waals surface area contributed by atoms with Gasteiger partial charge in [-0.1, -0.05) is 32.4 Å². The van der Waals surface area contributed by atoms with E-state index in [0.29, 0.717) is 0 Å². The average Bonchev–Trinajstić information content (AvgIpc) is 1.92. The molecule has 0 aliphatic heterocycles. The molecule has 1 N–H and O–H groups in total. The fourth-order valence-corrected chi connectivity index (χ4v) is 1.35. The average molecular weight is 167 g/mol. The zero-order valence-electron chi connectivity index (χ0n) is 8.34. The highest BCUT2D eigenvalue weighted by molar-refractivity contribution is 4.93. The van der Waals surface area contributed by atoms with Crippen molar-refractivity contribution >= 4 is 0 Å². The van der Waals surface area contributed by atoms with Gasteiger partial charge in [0.25, 0.3) is 0 Å². The second-order valence-corrected chi connectivity index (χ2v) is 4.17. The van der Waals surface area contributed by atoms with Crippen LogP contribution in [-0.2, 0) is 0 Å². The number of hydrogen-bond acceptors (Lipinski definition) is 1. The van der Waals surface area contributed by atoms with Gasteiger partial charge in [0, 0.05) is 6.54 Å². The van der Waals surface area contributed by atoms with Crippen LogP contribution in [0.1, 0.15) is 33.1 Å². The molecule has 0 amide bonds. The van der Waals surface area contributed by atoms with E-state index in [4.69, 9.17) is 0 Å². The number of allylic oxidation sites excluding steroid dienone is 1. The molecule has 0 aromatic rings. The van der Waals surface area contributed by atoms with E-state index in [1.54, 1.807) is 0 Å². The van der Waals surface area contributed by atoms with Gasteiger partial charge in [-0.2, -0.15) is 0 Å². The SMILES string of the molecule is CC(C)CNCC=CC1CCC1. The fraction of sp³-hybridized carbons (Fsp3) is 0.818. The first-order valence-corrected chi connectivity index (χ1v) is 5.16. The maximum Gasteiger partial charge on any atom is 0.0135 e. The molecule has 1 rings (SSSR count). The minimum Gasteiger partial charge on any atom is -0.313 e. The lowest BCUT2D eigenvalue weighted by molar-refractivity contribution is 0.387. The van der Waals surface area contributed by atoms with E-state index in [1.807, 2.05) is 0 Å². The van der Waals surface area contributed by atoms with Gasteiger partial charge in [0.2, 0.25) is 0 Å². The van der Waals surface area contributed by atoms with E-state index in [2.05, 4.69) is 31.3 Å². The molecule has 0 aromatic heterocycles. The van der Waals surface area contributed by atoms with E-state index in [9.17, 15) is 0 Å². The van der Waals surface area contributed by atoms with Gasteiger partial charge in [0.1, 0.15) is 0 Å². The molecule has 1 aliphatic rings. The largest absolute Gasteiger partial charge is 0.313 e. The van der Waals surface area contributed by atoms with E-state index in [0.717, 1.165) is 24.9 Å². The lowest BCUT2D eigenvalue weighted by atomic mass is 9.85. The third kappa shape index (κ3) is 3.91. The molecule has 0 spiro atoms. The molecule has 1 fully saturated rings. The summed E-state index contributed by atoms with van der Waals surface area (Å²) in [5, 5.41) is 3.40. The first-order valence-electron chi connectivity index (χ1n) is 5.16. The van der Waals surface area contributed by atoms with Crippen LogP contribution in [0.5, 0.6) is 0 Å². The third-order valence-electron chi connectivity index (χ3n) is 2.37. The number of nitrogens with one attached hydrogen (secondary N) is 1. The van der Waals surface area contributed by atoms with Crippen molar-refractivity contribution in [1.29, 1.82) is 0 Å². The van der Waals surface area contributed by atoms with Crippen molar-refractivity contribution in [1.82, 2.24) is 5.32 Å². The lowest BCUT2D eigenvalue weighted by Crippen LogP contribution is -2.19. The Bertz CT molecular complexity index is 134. The summed E-state index contributed by atoms with van der Waals surface area (Å²) in [6.45, 7) is 6.66. The third-order valence-corrected chi connectivity index (χ3v) is 2.37. The van der Waals surface area contributed by atoms with Crippen molar-refractivity contribution in [2.45, 2.75) is 33.1 Å². The molecule has 1 nitrogen and oxygen atoms in total. The molecule has 0 radical (unpaired) electrons. The molecule has 0 heterocycles. The molecule has 0 bridgehead atoms. The van der Waals surface area contributed by atoms with E-state index in [-0.39, 0.29) is 0 Å². The zero-order valence-corrected chi connectivity index (χ0v) is 8.34. The Morgan fingerprint density at radius 2 is 2.17 bits per heavy atom. The van der Waals surface area contributed by atoms with Crippen LogP contribution in [0.4, 0.5) is 0 Å². The molecule has 0 atom stereocenters. The monoisotopic (exact) mass is 167 g/mol. The van der Waals surface area contributed by atoms with Gasteiger partial charge >= 0.3 is 0 Å². The zero-order chi connectivity index (χ0) is 8.81. The molecular formula is C11H21N. The maximum absolute atomic E-state index is 3.40. The summed E-state index contributed by atoms with van der Waals surface area (Å²) >= 11 is 0. The van der Waals surface area contributed by atoms with Crippen LogP contribution < -0.4 is 5.32 Å². The van der Waals surface area contributed by atoms with Crippen LogP contribution in [-0.4, -0.2) is 13.1 Å². The van der Waals surface area contributed by atoms with Crippen LogP contribution in [0.15, 0.2) is 12.2 Å². The maximum atomic E-state index is 3.40. The standard InChI is InChI=1S/C11H21N/c1-10(2)9-12-8-4-7-11-5-3-6-11/h4,7,10-12H,3,5-6,8-9H2,1-2H3. The summed E-state index contributed by atoms with van der Waals surface area (Å²) in [4.78, 5) is 0. The molecule has 1 aliphatic carbocycles. The number of hydrogen-bond donors (Lipinski definition) is 1. The van der Waals surface area contributed by atoms with E-state index < -0.39 is 0 Å². The summed E-state index contributed by atoms with van der Waals surface area (Å²) in [6.07, 6.45) is 8.93. The van der Waals surface area contributed by atoms with Gasteiger partial charge in [-0.3, -0.25) is 0 Å². The van der Waals surface area contributed by atoms with Crippen molar-refractivity contribution in [3.05, 3.63) is 12.2 Å². The number of rotatable bonds is 5. The highest BCUT2D eigenvalue weighted by Gasteiger charge is 2.12. The van der Waals surface area contributed by atoms with Crippen LogP contribution in [0.3, 0.4) is 0 Å². The lowest BCUT2D eigenvalue weighted by Gasteiger charge is -2.21. The van der Waals surface area contributed by atoms with Crippen molar-refractivity contribution in [3.63, 3.8) is 0 Å². The summed E-state index contributed by atoms with van der Waals surface area (Å²) < 4.78 is 0. The van der Waals surface area contributed by atoms with Crippen LogP contribution in [0, 0.1) is 11.8 Å². The van der Waals surface area contributed by atoms with Gasteiger partial charge < -0.3 is 5.32 Å². The molecular weight excluding hydrogens is 146 g/mol. The topological polar surface area (TPSA) is 12.0 Å². The molecule has 1 heteroatoms. The van der Waals surface area contributed by atoms with Crippen LogP contribution in [0.2, 0.25) is 0 Å². The molecule has 1 saturated carbocycles. The smallest absolute Gasteiger partial charge is 0.0135 e. The molecule has 70 valence electrons. The minimum absolute atomic E-state index is 0.766. The molecule has 12 heavy (non-hydrogen) atoms. The minimum atomic E-state index is 0.766. The summed E-state index contributed by atoms with van der Waals surface area (Å²) in [5.74, 6) is 1.67. The Balaban J connectivity index is 1.90. The normalized spacial score (nSPS) is 18.9. The van der Waals surface area contributed by atoms with Gasteiger partial charge in [0.15, 0.2) is 0 Å². The van der Waals surface area contributed by atoms with Gasteiger partial charge in [-0.25, -0.2) is 0 Å². The first kappa shape index (κ1) is 9.79. The van der Waals surface area contributed by atoms with E-state index in [1.165, 1.54) is 19.3 Å². The summed E-state index contributed by atoms with van der Waals surface area (Å²) in [7, 11) is 0. The molecule has 0 saturated heterocycles. The van der Waals surface area contributed by atoms with Crippen molar-refractivity contribution < 1.29 is 0 Å². The predicted octanol–water partition coefficient (Wildman–Crippen LogP) is 2.59. The Morgan fingerprint density at radius 1 is 1.42 bits per heavy atom. The predicted molar refractivity (Wildman–Crippen MR) is 54.2 cm³/mol. The van der Waals surface area contributed by atoms with E-state index >= 15 is 0 Å². The highest BCUT2D eigenvalue weighted by Crippen LogP contribution is 2.26. The molecule has 0 unspecified atom stereocenters. The molecule has 0 aromatic carbocycles. The van der Waals surface area contributed by atoms with Crippen molar-refractivity contribution in [2.75, 3.05) is 13.1 Å². The van der Waals surface area contributed by atoms with Gasteiger partial charge in [0.05, 0.1) is 0 Å². The fourth-order valence-electron chi connectivity index (χ4n) is 1.35. The summed E-state index contributed by atoms with van der Waals surface area (Å²) in [6, 6.07) is 0. The van der Waals surface area contributed by atoms with Crippen molar-refractivity contribution in [2.24, 2.45) is 11.8 Å². The highest BCUT2D eigenvalue weighted by atomic mass is 14.8. The quantitative estimate of drug-likeness (QED) is 0.490. The Kier molecular flexibility index (Phi) is 4.37.